The molecule has 0 aliphatic carbocycles. The van der Waals surface area contributed by atoms with Crippen molar-refractivity contribution in [1.82, 2.24) is 4.98 Å². The Hall–Kier alpha value is -2.66. The van der Waals surface area contributed by atoms with Gasteiger partial charge in [0.1, 0.15) is 11.3 Å². The van der Waals surface area contributed by atoms with Gasteiger partial charge in [-0.25, -0.2) is 4.98 Å². The molecular weight excluding hydrogens is 330 g/mol. The topological polar surface area (TPSA) is 53.7 Å². The maximum atomic E-state index is 5.96. The summed E-state index contributed by atoms with van der Waals surface area (Å²) in [4.78, 5) is 4.39. The van der Waals surface area contributed by atoms with Crippen LogP contribution in [0.5, 0.6) is 17.2 Å². The molecule has 5 nitrogen and oxygen atoms in total. The van der Waals surface area contributed by atoms with Gasteiger partial charge < -0.3 is 18.6 Å². The molecule has 1 heterocycles. The Balaban J connectivity index is 1.97. The summed E-state index contributed by atoms with van der Waals surface area (Å²) < 4.78 is 21.7. The third-order valence-corrected chi connectivity index (χ3v) is 3.74. The molecule has 0 unspecified atom stereocenters. The summed E-state index contributed by atoms with van der Waals surface area (Å²) in [7, 11) is 4.76. The van der Waals surface area contributed by atoms with Crippen LogP contribution in [0.3, 0.4) is 0 Å². The first kappa shape index (κ1) is 16.2. The summed E-state index contributed by atoms with van der Waals surface area (Å²) in [5.41, 5.74) is 2.20. The van der Waals surface area contributed by atoms with E-state index >= 15 is 0 Å². The summed E-state index contributed by atoms with van der Waals surface area (Å²) in [6.07, 6.45) is 3.60. The van der Waals surface area contributed by atoms with Crippen molar-refractivity contribution in [2.75, 3.05) is 21.3 Å². The summed E-state index contributed by atoms with van der Waals surface area (Å²) in [6, 6.07) is 8.91. The fraction of sp³-hybridized carbons (Fsp3) is 0.167. The predicted octanol–water partition coefficient (Wildman–Crippen LogP) is 4.68. The lowest BCUT2D eigenvalue weighted by atomic mass is 10.1. The van der Waals surface area contributed by atoms with Crippen molar-refractivity contribution >= 4 is 34.9 Å². The third kappa shape index (κ3) is 3.16. The monoisotopic (exact) mass is 345 g/mol. The molecule has 2 aromatic carbocycles. The van der Waals surface area contributed by atoms with Crippen LogP contribution in [-0.2, 0) is 0 Å². The van der Waals surface area contributed by atoms with Gasteiger partial charge in [-0.3, -0.25) is 0 Å². The maximum absolute atomic E-state index is 5.96. The second kappa shape index (κ2) is 6.84. The van der Waals surface area contributed by atoms with Gasteiger partial charge in [0.2, 0.25) is 5.89 Å². The highest BCUT2D eigenvalue weighted by atomic mass is 35.5. The number of methoxy groups -OCH3 is 3. The molecule has 124 valence electrons. The van der Waals surface area contributed by atoms with Crippen LogP contribution in [0.25, 0.3) is 23.3 Å². The van der Waals surface area contributed by atoms with E-state index in [4.69, 9.17) is 30.2 Å². The fourth-order valence-electron chi connectivity index (χ4n) is 2.33. The molecule has 0 radical (unpaired) electrons. The zero-order valence-electron chi connectivity index (χ0n) is 13.5. The van der Waals surface area contributed by atoms with Gasteiger partial charge in [-0.2, -0.15) is 0 Å². The Morgan fingerprint density at radius 1 is 0.917 bits per heavy atom. The van der Waals surface area contributed by atoms with Gasteiger partial charge in [0.25, 0.3) is 0 Å². The van der Waals surface area contributed by atoms with Crippen molar-refractivity contribution < 1.29 is 18.6 Å². The minimum absolute atomic E-state index is 0.476. The molecule has 0 amide bonds. The molecule has 1 aromatic heterocycles. The number of fused-ring (bicyclic) bond motifs is 1. The van der Waals surface area contributed by atoms with E-state index in [1.54, 1.807) is 51.7 Å². The Bertz CT molecular complexity index is 901. The van der Waals surface area contributed by atoms with E-state index < -0.39 is 0 Å². The molecule has 0 atom stereocenters. The second-order valence-electron chi connectivity index (χ2n) is 4.95. The predicted molar refractivity (Wildman–Crippen MR) is 94.0 cm³/mol. The van der Waals surface area contributed by atoms with Crippen molar-refractivity contribution in [1.29, 1.82) is 0 Å². The molecule has 0 N–H and O–H groups in total. The van der Waals surface area contributed by atoms with Crippen molar-refractivity contribution in [2.24, 2.45) is 0 Å². The molecule has 0 spiro atoms. The summed E-state index contributed by atoms with van der Waals surface area (Å²) in [5.74, 6) is 2.34. The number of hydrogen-bond donors (Lipinski definition) is 0. The van der Waals surface area contributed by atoms with Crippen molar-refractivity contribution in [3.05, 3.63) is 46.8 Å². The molecule has 0 fully saturated rings. The molecule has 0 aliphatic heterocycles. The number of ether oxygens (including phenoxy) is 3. The van der Waals surface area contributed by atoms with Gasteiger partial charge in [-0.05, 0) is 30.3 Å². The zero-order chi connectivity index (χ0) is 17.1. The highest BCUT2D eigenvalue weighted by Gasteiger charge is 2.10. The first-order valence-corrected chi connectivity index (χ1v) is 7.56. The van der Waals surface area contributed by atoms with Crippen molar-refractivity contribution in [2.45, 2.75) is 0 Å². The van der Waals surface area contributed by atoms with E-state index in [-0.39, 0.29) is 0 Å². The second-order valence-corrected chi connectivity index (χ2v) is 5.38. The number of halogens is 1. The van der Waals surface area contributed by atoms with Crippen LogP contribution in [0.15, 0.2) is 34.7 Å². The Labute approximate surface area is 144 Å². The maximum Gasteiger partial charge on any atom is 0.220 e. The van der Waals surface area contributed by atoms with Gasteiger partial charge in [-0.15, -0.1) is 0 Å². The van der Waals surface area contributed by atoms with Gasteiger partial charge in [0.05, 0.1) is 21.3 Å². The smallest absolute Gasteiger partial charge is 0.220 e. The SMILES string of the molecule is COc1cc(OC)c(OC)cc1C=Cc1nc2cc(Cl)ccc2o1. The quantitative estimate of drug-likeness (QED) is 0.672. The molecule has 0 saturated carbocycles. The van der Waals surface area contributed by atoms with Gasteiger partial charge in [0, 0.05) is 22.7 Å². The normalized spacial score (nSPS) is 11.2. The lowest BCUT2D eigenvalue weighted by Crippen LogP contribution is -1.94. The molecule has 0 bridgehead atoms. The Kier molecular flexibility index (Phi) is 4.62. The van der Waals surface area contributed by atoms with Crippen LogP contribution in [0, 0.1) is 0 Å². The summed E-state index contributed by atoms with van der Waals surface area (Å²) in [5, 5.41) is 0.618. The number of oxazole rings is 1. The molecule has 0 aliphatic rings. The fourth-order valence-corrected chi connectivity index (χ4v) is 2.50. The van der Waals surface area contributed by atoms with Crippen LogP contribution in [0.4, 0.5) is 0 Å². The lowest BCUT2D eigenvalue weighted by molar-refractivity contribution is 0.348. The van der Waals surface area contributed by atoms with Crippen molar-refractivity contribution in [3.63, 3.8) is 0 Å². The average molecular weight is 346 g/mol. The number of nitrogens with zero attached hydrogens (tertiary/aromatic N) is 1. The van der Waals surface area contributed by atoms with E-state index in [2.05, 4.69) is 4.98 Å². The van der Waals surface area contributed by atoms with E-state index in [0.29, 0.717) is 39.3 Å². The molecule has 24 heavy (non-hydrogen) atoms. The van der Waals surface area contributed by atoms with Crippen molar-refractivity contribution in [3.8, 4) is 17.2 Å². The average Bonchev–Trinajstić information content (AvgIpc) is 3.00. The van der Waals surface area contributed by atoms with Gasteiger partial charge >= 0.3 is 0 Å². The number of aromatic nitrogens is 1. The molecule has 3 rings (SSSR count). The Morgan fingerprint density at radius 3 is 2.33 bits per heavy atom. The highest BCUT2D eigenvalue weighted by Crippen LogP contribution is 2.35. The minimum Gasteiger partial charge on any atom is -0.496 e. The van der Waals surface area contributed by atoms with Crippen LogP contribution < -0.4 is 14.2 Å². The van der Waals surface area contributed by atoms with Gasteiger partial charge in [-0.1, -0.05) is 11.6 Å². The van der Waals surface area contributed by atoms with E-state index in [0.717, 1.165) is 5.56 Å². The van der Waals surface area contributed by atoms with E-state index in [1.165, 1.54) is 0 Å². The molecule has 3 aromatic rings. The summed E-state index contributed by atoms with van der Waals surface area (Å²) in [6.45, 7) is 0. The largest absolute Gasteiger partial charge is 0.496 e. The Morgan fingerprint density at radius 2 is 1.62 bits per heavy atom. The zero-order valence-corrected chi connectivity index (χ0v) is 14.3. The first-order chi connectivity index (χ1) is 11.6. The first-order valence-electron chi connectivity index (χ1n) is 7.18. The van der Waals surface area contributed by atoms with Crippen LogP contribution in [-0.4, -0.2) is 26.3 Å². The van der Waals surface area contributed by atoms with Crippen LogP contribution >= 0.6 is 11.6 Å². The molecule has 6 heteroatoms. The van der Waals surface area contributed by atoms with E-state index in [9.17, 15) is 0 Å². The standard InChI is InChI=1S/C18H16ClNO4/c1-21-15-10-17(23-3)16(22-2)8-11(15)4-7-18-20-13-9-12(19)5-6-14(13)24-18/h4-10H,1-3H3. The third-order valence-electron chi connectivity index (χ3n) is 3.51. The molecular formula is C18H16ClNO4. The number of hydrogen-bond acceptors (Lipinski definition) is 5. The van der Waals surface area contributed by atoms with E-state index in [1.807, 2.05) is 12.1 Å². The highest BCUT2D eigenvalue weighted by molar-refractivity contribution is 6.31. The van der Waals surface area contributed by atoms with Crippen LogP contribution in [0.2, 0.25) is 5.02 Å². The summed E-state index contributed by atoms with van der Waals surface area (Å²) >= 11 is 5.96. The number of rotatable bonds is 5. The number of benzene rings is 2. The minimum atomic E-state index is 0.476. The lowest BCUT2D eigenvalue weighted by Gasteiger charge is -2.11. The van der Waals surface area contributed by atoms with Gasteiger partial charge in [0.15, 0.2) is 17.1 Å². The molecule has 0 saturated heterocycles. The van der Waals surface area contributed by atoms with Crippen LogP contribution in [0.1, 0.15) is 11.5 Å².